The number of hydrogen-bond donors (Lipinski definition) is 0. The van der Waals surface area contributed by atoms with Crippen LogP contribution in [0.25, 0.3) is 0 Å². The van der Waals surface area contributed by atoms with E-state index in [1.54, 1.807) is 0 Å². The molecule has 1 aliphatic rings. The normalized spacial score (nSPS) is 25.7. The van der Waals surface area contributed by atoms with Crippen molar-refractivity contribution in [2.45, 2.75) is 20.8 Å². The average molecular weight is 213 g/mol. The van der Waals surface area contributed by atoms with Gasteiger partial charge in [0.05, 0.1) is 11.1 Å². The fraction of sp³-hybridized carbons (Fsp3) is 0.267. The van der Waals surface area contributed by atoms with Crippen molar-refractivity contribution in [3.05, 3.63) is 60.4 Å². The van der Waals surface area contributed by atoms with Crippen LogP contribution in [0.5, 0.6) is 0 Å². The first-order valence-corrected chi connectivity index (χ1v) is 5.53. The molecule has 0 aromatic carbocycles. The van der Waals surface area contributed by atoms with Gasteiger partial charge in [-0.15, -0.1) is 6.58 Å². The quantitative estimate of drug-likeness (QED) is 0.491. The Kier molecular flexibility index (Phi) is 4.24. The Bertz CT molecular complexity index is 371. The van der Waals surface area contributed by atoms with Crippen LogP contribution in [-0.4, -0.2) is 6.21 Å². The van der Waals surface area contributed by atoms with E-state index in [9.17, 15) is 0 Å². The van der Waals surface area contributed by atoms with Crippen LogP contribution in [0.1, 0.15) is 20.8 Å². The fourth-order valence-corrected chi connectivity index (χ4v) is 1.75. The second kappa shape index (κ2) is 5.45. The first-order chi connectivity index (χ1) is 7.69. The van der Waals surface area contributed by atoms with Gasteiger partial charge in [-0.1, -0.05) is 36.5 Å². The molecule has 0 aromatic rings. The summed E-state index contributed by atoms with van der Waals surface area (Å²) >= 11 is 0. The largest absolute Gasteiger partial charge is 0.265 e. The van der Waals surface area contributed by atoms with Gasteiger partial charge in [0.1, 0.15) is 0 Å². The van der Waals surface area contributed by atoms with Crippen LogP contribution in [-0.2, 0) is 0 Å². The van der Waals surface area contributed by atoms with E-state index in [4.69, 9.17) is 0 Å². The number of nitrogens with zero attached hydrogens (tertiary/aromatic N) is 1. The molecule has 0 aromatic heterocycles. The molecule has 0 amide bonds. The molecule has 0 N–H and O–H groups in total. The van der Waals surface area contributed by atoms with Crippen molar-refractivity contribution in [3.63, 3.8) is 0 Å². The highest BCUT2D eigenvalue weighted by atomic mass is 14.8. The summed E-state index contributed by atoms with van der Waals surface area (Å²) in [4.78, 5) is 4.44. The van der Waals surface area contributed by atoms with Gasteiger partial charge >= 0.3 is 0 Å². The Labute approximate surface area is 98.3 Å². The van der Waals surface area contributed by atoms with E-state index >= 15 is 0 Å². The van der Waals surface area contributed by atoms with Gasteiger partial charge in [0.15, 0.2) is 0 Å². The van der Waals surface area contributed by atoms with Gasteiger partial charge < -0.3 is 0 Å². The molecule has 0 saturated heterocycles. The van der Waals surface area contributed by atoms with Crippen LogP contribution in [0.4, 0.5) is 0 Å². The van der Waals surface area contributed by atoms with E-state index < -0.39 is 0 Å². The molecule has 1 nitrogen and oxygen atoms in total. The number of allylic oxidation sites excluding steroid dienone is 7. The summed E-state index contributed by atoms with van der Waals surface area (Å²) in [5.74, 6) is 0. The van der Waals surface area contributed by atoms with E-state index in [0.717, 1.165) is 5.70 Å². The molecule has 1 aliphatic carbocycles. The zero-order valence-corrected chi connectivity index (χ0v) is 10.3. The molecule has 1 heteroatoms. The minimum Gasteiger partial charge on any atom is -0.265 e. The lowest BCUT2D eigenvalue weighted by atomic mass is 9.79. The fourth-order valence-electron chi connectivity index (χ4n) is 1.75. The first-order valence-electron chi connectivity index (χ1n) is 5.53. The van der Waals surface area contributed by atoms with E-state index in [0.29, 0.717) is 0 Å². The minimum atomic E-state index is -0.220. The van der Waals surface area contributed by atoms with Crippen molar-refractivity contribution in [2.75, 3.05) is 0 Å². The van der Waals surface area contributed by atoms with Gasteiger partial charge in [0.2, 0.25) is 0 Å². The highest BCUT2D eigenvalue weighted by Crippen LogP contribution is 2.39. The molecule has 0 bridgehead atoms. The third kappa shape index (κ3) is 2.30. The Morgan fingerprint density at radius 1 is 1.25 bits per heavy atom. The number of rotatable bonds is 3. The van der Waals surface area contributed by atoms with Crippen LogP contribution in [0.2, 0.25) is 0 Å². The summed E-state index contributed by atoms with van der Waals surface area (Å²) in [5.41, 5.74) is 2.00. The number of hydrogen-bond acceptors (Lipinski definition) is 1. The van der Waals surface area contributed by atoms with Gasteiger partial charge in [0, 0.05) is 6.21 Å². The molecule has 84 valence electrons. The minimum absolute atomic E-state index is 0.220. The average Bonchev–Trinajstić information content (AvgIpc) is 2.43. The summed E-state index contributed by atoms with van der Waals surface area (Å²) in [7, 11) is 0. The maximum absolute atomic E-state index is 4.44. The zero-order chi connectivity index (χ0) is 12.0. The Hall–Kier alpha value is -1.63. The number of aliphatic imine (C=N–C) groups is 1. The summed E-state index contributed by atoms with van der Waals surface area (Å²) in [6, 6.07) is 0. The lowest BCUT2D eigenvalue weighted by molar-refractivity contribution is 0.626. The Balaban J connectivity index is 3.32. The lowest BCUT2D eigenvalue weighted by Crippen LogP contribution is -2.17. The monoisotopic (exact) mass is 213 g/mol. The molecule has 0 spiro atoms. The third-order valence-corrected chi connectivity index (χ3v) is 2.80. The van der Waals surface area contributed by atoms with Crippen molar-refractivity contribution in [1.82, 2.24) is 0 Å². The summed E-state index contributed by atoms with van der Waals surface area (Å²) in [6.45, 7) is 10.0. The predicted molar refractivity (Wildman–Crippen MR) is 72.6 cm³/mol. The van der Waals surface area contributed by atoms with Crippen LogP contribution < -0.4 is 0 Å². The highest BCUT2D eigenvalue weighted by molar-refractivity contribution is 5.58. The van der Waals surface area contributed by atoms with Crippen molar-refractivity contribution in [3.8, 4) is 0 Å². The van der Waals surface area contributed by atoms with Crippen molar-refractivity contribution >= 4 is 6.21 Å². The topological polar surface area (TPSA) is 12.4 Å². The molecule has 0 radical (unpaired) electrons. The molecular formula is C15H19N. The summed E-state index contributed by atoms with van der Waals surface area (Å²) in [5, 5.41) is 0. The zero-order valence-electron chi connectivity index (χ0n) is 10.3. The third-order valence-electron chi connectivity index (χ3n) is 2.80. The molecule has 1 unspecified atom stereocenters. The van der Waals surface area contributed by atoms with Gasteiger partial charge in [-0.2, -0.15) is 0 Å². The second-order valence-corrected chi connectivity index (χ2v) is 3.85. The van der Waals surface area contributed by atoms with Crippen LogP contribution in [0, 0.1) is 5.41 Å². The van der Waals surface area contributed by atoms with E-state index in [1.165, 1.54) is 5.57 Å². The molecule has 0 saturated carbocycles. The van der Waals surface area contributed by atoms with Crippen LogP contribution >= 0.6 is 0 Å². The Morgan fingerprint density at radius 3 is 2.50 bits per heavy atom. The van der Waals surface area contributed by atoms with Gasteiger partial charge in [-0.05, 0) is 32.4 Å². The molecule has 0 fully saturated rings. The smallest absolute Gasteiger partial charge is 0.0540 e. The van der Waals surface area contributed by atoms with Crippen molar-refractivity contribution in [2.24, 2.45) is 10.4 Å². The Morgan fingerprint density at radius 2 is 1.94 bits per heavy atom. The van der Waals surface area contributed by atoms with Crippen molar-refractivity contribution in [1.29, 1.82) is 0 Å². The summed E-state index contributed by atoms with van der Waals surface area (Å²) < 4.78 is 0. The maximum atomic E-state index is 4.44. The molecule has 1 atom stereocenters. The highest BCUT2D eigenvalue weighted by Gasteiger charge is 2.28. The van der Waals surface area contributed by atoms with Crippen LogP contribution in [0.3, 0.4) is 0 Å². The van der Waals surface area contributed by atoms with Gasteiger partial charge in [-0.3, -0.25) is 4.99 Å². The molecular weight excluding hydrogens is 194 g/mol. The van der Waals surface area contributed by atoms with E-state index in [1.807, 2.05) is 50.4 Å². The van der Waals surface area contributed by atoms with E-state index in [-0.39, 0.29) is 5.41 Å². The first kappa shape index (κ1) is 12.4. The maximum Gasteiger partial charge on any atom is 0.0540 e. The van der Waals surface area contributed by atoms with Gasteiger partial charge in [0.25, 0.3) is 0 Å². The van der Waals surface area contributed by atoms with Crippen LogP contribution in [0.15, 0.2) is 65.4 Å². The lowest BCUT2D eigenvalue weighted by Gasteiger charge is -2.27. The molecule has 16 heavy (non-hydrogen) atoms. The predicted octanol–water partition coefficient (Wildman–Crippen LogP) is 4.23. The second-order valence-electron chi connectivity index (χ2n) is 3.85. The molecule has 0 heterocycles. The van der Waals surface area contributed by atoms with Gasteiger partial charge in [-0.25, -0.2) is 0 Å². The van der Waals surface area contributed by atoms with E-state index in [2.05, 4.69) is 30.6 Å². The summed E-state index contributed by atoms with van der Waals surface area (Å²) in [6.07, 6.45) is 16.1. The van der Waals surface area contributed by atoms with Crippen molar-refractivity contribution < 1.29 is 0 Å². The SMILES string of the molecule is C=CC1(C)C(/C=C/C)=CC=CC=C1N=CC. The standard InChI is InChI=1S/C15H19N/c1-5-10-13-11-8-9-12-14(16-7-3)15(13,4)6-2/h5-12H,2H2,1,3-4H3/b10-5+,16-7?. The molecule has 0 aliphatic heterocycles. The molecule has 1 rings (SSSR count).